The minimum atomic E-state index is -2.31. The Kier molecular flexibility index (Phi) is 5.89. The summed E-state index contributed by atoms with van der Waals surface area (Å²) in [5.41, 5.74) is 0.401. The van der Waals surface area contributed by atoms with Gasteiger partial charge >= 0.3 is 0 Å². The number of pyridine rings is 1. The van der Waals surface area contributed by atoms with Crippen molar-refractivity contribution < 1.29 is 13.4 Å². The quantitative estimate of drug-likeness (QED) is 0.667. The highest BCUT2D eigenvalue weighted by Crippen LogP contribution is 2.18. The van der Waals surface area contributed by atoms with Crippen molar-refractivity contribution in [1.29, 1.82) is 5.26 Å². The zero-order valence-electron chi connectivity index (χ0n) is 16.4. The van der Waals surface area contributed by atoms with E-state index in [0.717, 1.165) is 6.07 Å². The van der Waals surface area contributed by atoms with E-state index >= 15 is 0 Å². The lowest BCUT2D eigenvalue weighted by atomic mass is 10.1. The molecule has 1 atom stereocenters. The normalized spacial score (nSPS) is 12.1. The zero-order valence-corrected chi connectivity index (χ0v) is 17.2. The first kappa shape index (κ1) is 21.1. The summed E-state index contributed by atoms with van der Waals surface area (Å²) < 4.78 is 31.3. The molecule has 1 aromatic carbocycles. The van der Waals surface area contributed by atoms with Crippen molar-refractivity contribution in [3.8, 4) is 11.9 Å². The Morgan fingerprint density at radius 3 is 2.70 bits per heavy atom. The summed E-state index contributed by atoms with van der Waals surface area (Å²) >= 11 is 0. The van der Waals surface area contributed by atoms with Crippen LogP contribution in [0.25, 0.3) is 5.82 Å². The highest BCUT2D eigenvalue weighted by atomic mass is 32.2. The third kappa shape index (κ3) is 4.84. The topological polar surface area (TPSA) is 126 Å². The molecule has 0 saturated carbocycles. The summed E-state index contributed by atoms with van der Waals surface area (Å²) in [5, 5.41) is 15.7. The Balaban J connectivity index is 1.84. The van der Waals surface area contributed by atoms with Crippen LogP contribution < -0.4 is 5.32 Å². The summed E-state index contributed by atoms with van der Waals surface area (Å²) in [5.74, 6) is -0.634. The summed E-state index contributed by atoms with van der Waals surface area (Å²) in [6.07, 6.45) is 5.81. The Labute approximate surface area is 172 Å². The maximum absolute atomic E-state index is 14.0. The van der Waals surface area contributed by atoms with Crippen molar-refractivity contribution in [2.45, 2.75) is 13.0 Å². The fraction of sp³-hybridized carbons (Fsp3) is 0.211. The molecule has 0 radical (unpaired) electrons. The number of rotatable bonds is 5. The molecule has 1 N–H and O–H groups in total. The van der Waals surface area contributed by atoms with Gasteiger partial charge in [0.15, 0.2) is 11.6 Å². The first-order valence-electron chi connectivity index (χ1n) is 8.72. The van der Waals surface area contributed by atoms with Crippen LogP contribution in [0.1, 0.15) is 34.7 Å². The molecular formula is C19H18FN7O2S. The van der Waals surface area contributed by atoms with Crippen LogP contribution in [0, 0.1) is 17.1 Å². The number of nitrogens with one attached hydrogen (secondary N) is 1. The Morgan fingerprint density at radius 2 is 2.07 bits per heavy atom. The summed E-state index contributed by atoms with van der Waals surface area (Å²) in [4.78, 5) is 20.9. The van der Waals surface area contributed by atoms with Crippen molar-refractivity contribution in [3.63, 3.8) is 0 Å². The molecule has 0 aliphatic heterocycles. The van der Waals surface area contributed by atoms with Crippen molar-refractivity contribution in [2.75, 3.05) is 12.5 Å². The fourth-order valence-electron chi connectivity index (χ4n) is 2.64. The van der Waals surface area contributed by atoms with Crippen LogP contribution in [0.3, 0.4) is 0 Å². The highest BCUT2D eigenvalue weighted by Gasteiger charge is 2.20. The second-order valence-electron chi connectivity index (χ2n) is 6.68. The maximum atomic E-state index is 14.0. The van der Waals surface area contributed by atoms with Crippen LogP contribution in [0.15, 0.2) is 47.2 Å². The van der Waals surface area contributed by atoms with E-state index < -0.39 is 27.5 Å². The first-order chi connectivity index (χ1) is 14.2. The van der Waals surface area contributed by atoms with Gasteiger partial charge in [-0.25, -0.2) is 18.6 Å². The number of carbonyl (C=O) groups is 1. The van der Waals surface area contributed by atoms with Gasteiger partial charge in [0, 0.05) is 22.2 Å². The largest absolute Gasteiger partial charge is 0.342 e. The Bertz CT molecular complexity index is 1250. The predicted octanol–water partition coefficient (Wildman–Crippen LogP) is 2.52. The molecule has 0 saturated heterocycles. The molecule has 9 nitrogen and oxygen atoms in total. The molecule has 0 bridgehead atoms. The standard InChI is InChI=1S/C19H18FN7O2S/c1-12(25-19(28)15-8-13(9-21)4-6-16(15)20)18-23-11-24-27(18)17-7-5-14(10-22-17)26-30(2,3)29/h4-8,10-12H,1-3H3,(H,25,28)/t12-/m0/s1. The SMILES string of the molecule is C[C@H](NC(=O)c1cc(C#N)ccc1F)c1ncnn1-c1ccc(N=S(C)(C)=O)cn1. The van der Waals surface area contributed by atoms with Gasteiger partial charge in [-0.05, 0) is 37.3 Å². The minimum Gasteiger partial charge on any atom is -0.342 e. The van der Waals surface area contributed by atoms with Gasteiger partial charge in [-0.2, -0.15) is 19.4 Å². The zero-order chi connectivity index (χ0) is 21.9. The third-order valence-electron chi connectivity index (χ3n) is 3.92. The Hall–Kier alpha value is -3.65. The van der Waals surface area contributed by atoms with Gasteiger partial charge in [0.2, 0.25) is 0 Å². The molecule has 154 valence electrons. The lowest BCUT2D eigenvalue weighted by Gasteiger charge is -2.15. The molecular weight excluding hydrogens is 409 g/mol. The monoisotopic (exact) mass is 427 g/mol. The number of nitrogens with zero attached hydrogens (tertiary/aromatic N) is 6. The molecule has 0 unspecified atom stereocenters. The van der Waals surface area contributed by atoms with E-state index in [-0.39, 0.29) is 11.1 Å². The molecule has 3 rings (SSSR count). The van der Waals surface area contributed by atoms with Gasteiger partial charge in [0.1, 0.15) is 12.1 Å². The van der Waals surface area contributed by atoms with Crippen LogP contribution in [-0.2, 0) is 9.73 Å². The molecule has 11 heteroatoms. The van der Waals surface area contributed by atoms with E-state index in [9.17, 15) is 13.4 Å². The molecule has 2 aromatic heterocycles. The van der Waals surface area contributed by atoms with E-state index in [1.54, 1.807) is 19.1 Å². The number of aromatic nitrogens is 4. The Morgan fingerprint density at radius 1 is 1.30 bits per heavy atom. The number of carbonyl (C=O) groups excluding carboxylic acids is 1. The number of hydrogen-bond donors (Lipinski definition) is 1. The second-order valence-corrected chi connectivity index (χ2v) is 9.22. The van der Waals surface area contributed by atoms with Gasteiger partial charge in [-0.3, -0.25) is 4.79 Å². The smallest absolute Gasteiger partial charge is 0.254 e. The average Bonchev–Trinajstić information content (AvgIpc) is 3.17. The van der Waals surface area contributed by atoms with E-state index in [0.29, 0.717) is 17.3 Å². The van der Waals surface area contributed by atoms with E-state index in [1.165, 1.54) is 41.9 Å². The predicted molar refractivity (Wildman–Crippen MR) is 108 cm³/mol. The fourth-order valence-corrected chi connectivity index (χ4v) is 3.26. The molecule has 0 fully saturated rings. The van der Waals surface area contributed by atoms with Gasteiger partial charge in [-0.1, -0.05) is 0 Å². The molecule has 0 aliphatic carbocycles. The van der Waals surface area contributed by atoms with E-state index in [2.05, 4.69) is 24.7 Å². The van der Waals surface area contributed by atoms with Crippen LogP contribution in [0.5, 0.6) is 0 Å². The van der Waals surface area contributed by atoms with Crippen LogP contribution in [-0.4, -0.2) is 42.4 Å². The number of amides is 1. The van der Waals surface area contributed by atoms with Crippen molar-refractivity contribution in [2.24, 2.45) is 4.36 Å². The first-order valence-corrected chi connectivity index (χ1v) is 11.0. The van der Waals surface area contributed by atoms with Crippen molar-refractivity contribution in [1.82, 2.24) is 25.1 Å². The number of hydrogen-bond acceptors (Lipinski definition) is 7. The van der Waals surface area contributed by atoms with Gasteiger partial charge in [-0.15, -0.1) is 0 Å². The molecule has 2 heterocycles. The molecule has 0 aliphatic rings. The molecule has 3 aromatic rings. The van der Waals surface area contributed by atoms with Crippen molar-refractivity contribution >= 4 is 21.3 Å². The summed E-state index contributed by atoms with van der Waals surface area (Å²) in [6.45, 7) is 1.66. The van der Waals surface area contributed by atoms with Crippen molar-refractivity contribution in [3.05, 3.63) is 65.6 Å². The molecule has 30 heavy (non-hydrogen) atoms. The van der Waals surface area contributed by atoms with E-state index in [1.807, 2.05) is 6.07 Å². The van der Waals surface area contributed by atoms with Gasteiger partial charge in [0.25, 0.3) is 5.91 Å². The van der Waals surface area contributed by atoms with Crippen LogP contribution in [0.2, 0.25) is 0 Å². The number of halogens is 1. The highest BCUT2D eigenvalue weighted by molar-refractivity contribution is 7.92. The van der Waals surface area contributed by atoms with E-state index in [4.69, 9.17) is 5.26 Å². The minimum absolute atomic E-state index is 0.176. The van der Waals surface area contributed by atoms with Gasteiger partial charge in [0.05, 0.1) is 35.1 Å². The van der Waals surface area contributed by atoms with Crippen LogP contribution in [0.4, 0.5) is 10.1 Å². The maximum Gasteiger partial charge on any atom is 0.254 e. The number of nitriles is 1. The molecule has 0 spiro atoms. The summed E-state index contributed by atoms with van der Waals surface area (Å²) in [7, 11) is -2.31. The number of benzene rings is 1. The van der Waals surface area contributed by atoms with Crippen LogP contribution >= 0.6 is 0 Å². The lowest BCUT2D eigenvalue weighted by Crippen LogP contribution is -2.29. The van der Waals surface area contributed by atoms with Gasteiger partial charge < -0.3 is 5.32 Å². The molecule has 1 amide bonds. The lowest BCUT2D eigenvalue weighted by molar-refractivity contribution is 0.0933. The summed E-state index contributed by atoms with van der Waals surface area (Å²) in [6, 6.07) is 8.06. The second kappa shape index (κ2) is 8.38. The average molecular weight is 427 g/mol. The third-order valence-corrected chi connectivity index (χ3v) is 4.57.